The SMILES string of the molecule is Cc1ccc(NC(=O)/C(=C\c2cccnc2)NC(=O)c2cccc(Br)c2)cc1. The Kier molecular flexibility index (Phi) is 6.34. The molecule has 2 N–H and O–H groups in total. The highest BCUT2D eigenvalue weighted by Crippen LogP contribution is 2.14. The van der Waals surface area contributed by atoms with Crippen LogP contribution in [-0.2, 0) is 4.79 Å². The van der Waals surface area contributed by atoms with Crippen LogP contribution in [0.3, 0.4) is 0 Å². The minimum absolute atomic E-state index is 0.124. The Hall–Kier alpha value is -3.25. The molecule has 2 aromatic carbocycles. The number of carbonyl (C=O) groups excluding carboxylic acids is 2. The van der Waals surface area contributed by atoms with Gasteiger partial charge in [-0.25, -0.2) is 0 Å². The Morgan fingerprint density at radius 1 is 1.04 bits per heavy atom. The number of amides is 2. The van der Waals surface area contributed by atoms with E-state index in [2.05, 4.69) is 31.5 Å². The first kappa shape index (κ1) is 19.5. The number of aryl methyl sites for hydroxylation is 1. The first-order chi connectivity index (χ1) is 13.5. The van der Waals surface area contributed by atoms with Crippen molar-refractivity contribution in [2.45, 2.75) is 6.92 Å². The molecule has 5 nitrogen and oxygen atoms in total. The van der Waals surface area contributed by atoms with E-state index < -0.39 is 5.91 Å². The van der Waals surface area contributed by atoms with Crippen molar-refractivity contribution in [3.63, 3.8) is 0 Å². The number of aromatic nitrogens is 1. The lowest BCUT2D eigenvalue weighted by Gasteiger charge is -2.12. The monoisotopic (exact) mass is 435 g/mol. The van der Waals surface area contributed by atoms with Gasteiger partial charge in [0.25, 0.3) is 11.8 Å². The highest BCUT2D eigenvalue weighted by Gasteiger charge is 2.15. The van der Waals surface area contributed by atoms with Gasteiger partial charge in [-0.2, -0.15) is 0 Å². The smallest absolute Gasteiger partial charge is 0.272 e. The number of halogens is 1. The van der Waals surface area contributed by atoms with Gasteiger partial charge in [0.15, 0.2) is 0 Å². The number of nitrogens with zero attached hydrogens (tertiary/aromatic N) is 1. The van der Waals surface area contributed by atoms with Gasteiger partial charge in [-0.15, -0.1) is 0 Å². The van der Waals surface area contributed by atoms with Crippen molar-refractivity contribution in [1.82, 2.24) is 10.3 Å². The van der Waals surface area contributed by atoms with Crippen LogP contribution < -0.4 is 10.6 Å². The standard InChI is InChI=1S/C22H18BrN3O2/c1-15-7-9-19(10-8-15)25-22(28)20(12-16-4-3-11-24-14-16)26-21(27)17-5-2-6-18(23)13-17/h2-14H,1H3,(H,25,28)(H,26,27)/b20-12+. The highest BCUT2D eigenvalue weighted by atomic mass is 79.9. The van der Waals surface area contributed by atoms with Gasteiger partial charge in [0.1, 0.15) is 5.70 Å². The predicted octanol–water partition coefficient (Wildman–Crippen LogP) is 4.56. The summed E-state index contributed by atoms with van der Waals surface area (Å²) in [5.74, 6) is -0.799. The van der Waals surface area contributed by atoms with E-state index in [1.807, 2.05) is 37.3 Å². The van der Waals surface area contributed by atoms with Gasteiger partial charge in [0.2, 0.25) is 0 Å². The third-order valence-electron chi connectivity index (χ3n) is 3.88. The normalized spacial score (nSPS) is 11.0. The fourth-order valence-corrected chi connectivity index (χ4v) is 2.85. The summed E-state index contributed by atoms with van der Waals surface area (Å²) >= 11 is 3.35. The third-order valence-corrected chi connectivity index (χ3v) is 4.38. The molecule has 1 heterocycles. The Morgan fingerprint density at radius 2 is 1.82 bits per heavy atom. The summed E-state index contributed by atoms with van der Waals surface area (Å²) in [5, 5.41) is 5.51. The minimum Gasteiger partial charge on any atom is -0.321 e. The Balaban J connectivity index is 1.86. The quantitative estimate of drug-likeness (QED) is 0.576. The maximum Gasteiger partial charge on any atom is 0.272 e. The van der Waals surface area contributed by atoms with Gasteiger partial charge in [-0.3, -0.25) is 14.6 Å². The number of anilines is 1. The van der Waals surface area contributed by atoms with Crippen LogP contribution in [0.25, 0.3) is 6.08 Å². The lowest BCUT2D eigenvalue weighted by Crippen LogP contribution is -2.30. The van der Waals surface area contributed by atoms with Crippen molar-refractivity contribution in [3.05, 3.63) is 99.9 Å². The maximum atomic E-state index is 12.8. The molecule has 0 saturated heterocycles. The molecule has 1 aromatic heterocycles. The van der Waals surface area contributed by atoms with Crippen LogP contribution in [0.5, 0.6) is 0 Å². The lowest BCUT2D eigenvalue weighted by atomic mass is 10.2. The minimum atomic E-state index is -0.420. The summed E-state index contributed by atoms with van der Waals surface area (Å²) in [6, 6.07) is 17.9. The zero-order valence-corrected chi connectivity index (χ0v) is 16.7. The predicted molar refractivity (Wildman–Crippen MR) is 114 cm³/mol. The summed E-state index contributed by atoms with van der Waals surface area (Å²) in [4.78, 5) is 29.5. The van der Waals surface area contributed by atoms with Crippen LogP contribution in [0.1, 0.15) is 21.5 Å². The fraction of sp³-hybridized carbons (Fsp3) is 0.0455. The first-order valence-electron chi connectivity index (χ1n) is 8.58. The van der Waals surface area contributed by atoms with E-state index in [1.165, 1.54) is 0 Å². The van der Waals surface area contributed by atoms with Crippen LogP contribution in [0, 0.1) is 6.92 Å². The number of carbonyl (C=O) groups is 2. The van der Waals surface area contributed by atoms with E-state index in [9.17, 15) is 9.59 Å². The summed E-state index contributed by atoms with van der Waals surface area (Å²) in [6.07, 6.45) is 4.85. The zero-order chi connectivity index (χ0) is 19.9. The van der Waals surface area contributed by atoms with Crippen molar-refractivity contribution >= 4 is 39.5 Å². The van der Waals surface area contributed by atoms with E-state index in [0.717, 1.165) is 10.0 Å². The third kappa shape index (κ3) is 5.37. The Labute approximate surface area is 171 Å². The van der Waals surface area contributed by atoms with Crippen molar-refractivity contribution in [3.8, 4) is 0 Å². The largest absolute Gasteiger partial charge is 0.321 e. The van der Waals surface area contributed by atoms with E-state index in [4.69, 9.17) is 0 Å². The summed E-state index contributed by atoms with van der Waals surface area (Å²) in [6.45, 7) is 1.97. The number of nitrogens with one attached hydrogen (secondary N) is 2. The van der Waals surface area contributed by atoms with Gasteiger partial charge in [0.05, 0.1) is 0 Å². The van der Waals surface area contributed by atoms with Crippen LogP contribution in [0.2, 0.25) is 0 Å². The second kappa shape index (κ2) is 9.10. The average Bonchev–Trinajstić information content (AvgIpc) is 2.70. The van der Waals surface area contributed by atoms with Gasteiger partial charge >= 0.3 is 0 Å². The molecule has 3 aromatic rings. The molecular weight excluding hydrogens is 418 g/mol. The van der Waals surface area contributed by atoms with Crippen LogP contribution >= 0.6 is 15.9 Å². The van der Waals surface area contributed by atoms with Crippen molar-refractivity contribution in [2.75, 3.05) is 5.32 Å². The Bertz CT molecular complexity index is 1020. The second-order valence-corrected chi connectivity index (χ2v) is 7.04. The molecular formula is C22H18BrN3O2. The van der Waals surface area contributed by atoms with Crippen molar-refractivity contribution in [1.29, 1.82) is 0 Å². The van der Waals surface area contributed by atoms with Crippen LogP contribution in [0.15, 0.2) is 83.2 Å². The molecule has 28 heavy (non-hydrogen) atoms. The molecule has 6 heteroatoms. The summed E-state index contributed by atoms with van der Waals surface area (Å²) < 4.78 is 0.780. The Morgan fingerprint density at radius 3 is 2.50 bits per heavy atom. The molecule has 0 aliphatic rings. The van der Waals surface area contributed by atoms with Gasteiger partial charge in [0, 0.05) is 28.1 Å². The van der Waals surface area contributed by atoms with E-state index in [0.29, 0.717) is 16.8 Å². The molecule has 0 atom stereocenters. The second-order valence-electron chi connectivity index (χ2n) is 6.13. The van der Waals surface area contributed by atoms with Crippen molar-refractivity contribution in [2.24, 2.45) is 0 Å². The van der Waals surface area contributed by atoms with E-state index in [-0.39, 0.29) is 11.6 Å². The molecule has 140 valence electrons. The van der Waals surface area contributed by atoms with Crippen molar-refractivity contribution < 1.29 is 9.59 Å². The highest BCUT2D eigenvalue weighted by molar-refractivity contribution is 9.10. The lowest BCUT2D eigenvalue weighted by molar-refractivity contribution is -0.113. The maximum absolute atomic E-state index is 12.8. The van der Waals surface area contributed by atoms with Gasteiger partial charge in [-0.1, -0.05) is 45.8 Å². The first-order valence-corrected chi connectivity index (χ1v) is 9.37. The zero-order valence-electron chi connectivity index (χ0n) is 15.1. The molecule has 0 bridgehead atoms. The summed E-state index contributed by atoms with van der Waals surface area (Å²) in [5.41, 5.74) is 3.00. The molecule has 0 saturated carbocycles. The molecule has 3 rings (SSSR count). The van der Waals surface area contributed by atoms with E-state index >= 15 is 0 Å². The van der Waals surface area contributed by atoms with Gasteiger partial charge in [-0.05, 0) is 55.0 Å². The number of pyridine rings is 1. The molecule has 0 aliphatic carbocycles. The molecule has 0 spiro atoms. The van der Waals surface area contributed by atoms with E-state index in [1.54, 1.807) is 48.8 Å². The molecule has 0 unspecified atom stereocenters. The topological polar surface area (TPSA) is 71.1 Å². The molecule has 2 amide bonds. The fourth-order valence-electron chi connectivity index (χ4n) is 2.45. The van der Waals surface area contributed by atoms with Crippen LogP contribution in [-0.4, -0.2) is 16.8 Å². The molecule has 0 aliphatic heterocycles. The molecule has 0 radical (unpaired) electrons. The number of hydrogen-bond donors (Lipinski definition) is 2. The number of rotatable bonds is 5. The summed E-state index contributed by atoms with van der Waals surface area (Å²) in [7, 11) is 0. The average molecular weight is 436 g/mol. The number of hydrogen-bond acceptors (Lipinski definition) is 3. The molecule has 0 fully saturated rings. The number of benzene rings is 2. The van der Waals surface area contributed by atoms with Crippen LogP contribution in [0.4, 0.5) is 5.69 Å². The van der Waals surface area contributed by atoms with Gasteiger partial charge < -0.3 is 10.6 Å².